The maximum Gasteiger partial charge on any atom is 0.261 e. The molecule has 2 aromatic carbocycles. The molecule has 1 heterocycles. The smallest absolute Gasteiger partial charge is 0.261 e. The average molecular weight is 377 g/mol. The van der Waals surface area contributed by atoms with Crippen LogP contribution in [0.15, 0.2) is 36.4 Å². The fourth-order valence-electron chi connectivity index (χ4n) is 4.04. The summed E-state index contributed by atoms with van der Waals surface area (Å²) in [4.78, 5) is 39.7. The Balaban J connectivity index is 1.59. The third-order valence-electron chi connectivity index (χ3n) is 5.63. The van der Waals surface area contributed by atoms with Crippen molar-refractivity contribution < 1.29 is 14.4 Å². The van der Waals surface area contributed by atoms with E-state index in [0.29, 0.717) is 28.1 Å². The predicted octanol–water partition coefficient (Wildman–Crippen LogP) is 3.76. The molecule has 6 nitrogen and oxygen atoms in total. The van der Waals surface area contributed by atoms with Crippen LogP contribution in [0, 0.1) is 6.92 Å². The number of nitrogens with zero attached hydrogens (tertiary/aromatic N) is 1. The first-order chi connectivity index (χ1) is 13.5. The maximum atomic E-state index is 12.9. The first-order valence-electron chi connectivity index (χ1n) is 9.65. The van der Waals surface area contributed by atoms with E-state index in [9.17, 15) is 14.4 Å². The molecule has 0 saturated heterocycles. The molecular weight excluding hydrogens is 354 g/mol. The summed E-state index contributed by atoms with van der Waals surface area (Å²) in [5, 5.41) is 2.83. The van der Waals surface area contributed by atoms with Crippen molar-refractivity contribution in [3.05, 3.63) is 58.7 Å². The van der Waals surface area contributed by atoms with Gasteiger partial charge in [-0.05, 0) is 55.7 Å². The number of nitrogen functional groups attached to an aromatic ring is 1. The van der Waals surface area contributed by atoms with Crippen molar-refractivity contribution >= 4 is 29.1 Å². The van der Waals surface area contributed by atoms with Crippen LogP contribution < -0.4 is 11.1 Å². The Morgan fingerprint density at radius 2 is 1.71 bits per heavy atom. The molecule has 0 radical (unpaired) electrons. The summed E-state index contributed by atoms with van der Waals surface area (Å²) in [5.74, 6) is -0.875. The maximum absolute atomic E-state index is 12.9. The van der Waals surface area contributed by atoms with Crippen LogP contribution in [0.25, 0.3) is 0 Å². The zero-order valence-electron chi connectivity index (χ0n) is 15.8. The minimum atomic E-state index is -0.340. The zero-order valence-corrected chi connectivity index (χ0v) is 15.8. The number of imide groups is 1. The highest BCUT2D eigenvalue weighted by Crippen LogP contribution is 2.31. The van der Waals surface area contributed by atoms with E-state index in [1.807, 2.05) is 13.0 Å². The summed E-state index contributed by atoms with van der Waals surface area (Å²) in [6.07, 6.45) is 4.92. The van der Waals surface area contributed by atoms with Crippen molar-refractivity contribution in [3.8, 4) is 0 Å². The number of carbonyl (C=O) groups is 3. The lowest BCUT2D eigenvalue weighted by Crippen LogP contribution is -2.40. The topological polar surface area (TPSA) is 92.5 Å². The van der Waals surface area contributed by atoms with Gasteiger partial charge < -0.3 is 11.1 Å². The fourth-order valence-corrected chi connectivity index (χ4v) is 4.04. The first-order valence-corrected chi connectivity index (χ1v) is 9.65. The second-order valence-corrected chi connectivity index (χ2v) is 7.56. The Morgan fingerprint density at radius 1 is 1.00 bits per heavy atom. The summed E-state index contributed by atoms with van der Waals surface area (Å²) >= 11 is 0. The molecule has 6 heteroatoms. The molecule has 1 fully saturated rings. The molecule has 3 N–H and O–H groups in total. The van der Waals surface area contributed by atoms with Crippen LogP contribution in [0.2, 0.25) is 0 Å². The van der Waals surface area contributed by atoms with E-state index in [1.165, 1.54) is 11.0 Å². The van der Waals surface area contributed by atoms with Crippen LogP contribution in [-0.2, 0) is 0 Å². The quantitative estimate of drug-likeness (QED) is 0.629. The Hall–Kier alpha value is -3.15. The van der Waals surface area contributed by atoms with Crippen LogP contribution in [-0.4, -0.2) is 28.7 Å². The van der Waals surface area contributed by atoms with E-state index in [0.717, 1.165) is 37.7 Å². The lowest BCUT2D eigenvalue weighted by molar-refractivity contribution is 0.0549. The minimum absolute atomic E-state index is 0.0339. The molecule has 2 aliphatic rings. The summed E-state index contributed by atoms with van der Waals surface area (Å²) in [7, 11) is 0. The van der Waals surface area contributed by atoms with Crippen molar-refractivity contribution in [2.45, 2.75) is 45.1 Å². The number of hydrogen-bond acceptors (Lipinski definition) is 4. The molecule has 28 heavy (non-hydrogen) atoms. The molecule has 2 aromatic rings. The fraction of sp³-hybridized carbons (Fsp3) is 0.318. The van der Waals surface area contributed by atoms with Crippen LogP contribution in [0.5, 0.6) is 0 Å². The van der Waals surface area contributed by atoms with E-state index in [1.54, 1.807) is 24.3 Å². The molecule has 0 unspecified atom stereocenters. The van der Waals surface area contributed by atoms with Crippen LogP contribution in [0.3, 0.4) is 0 Å². The number of amides is 3. The van der Waals surface area contributed by atoms with Gasteiger partial charge in [0, 0.05) is 23.0 Å². The average Bonchev–Trinajstić information content (AvgIpc) is 2.95. The molecule has 0 spiro atoms. The van der Waals surface area contributed by atoms with E-state index in [4.69, 9.17) is 5.73 Å². The molecular formula is C22H23N3O3. The second-order valence-electron chi connectivity index (χ2n) is 7.56. The zero-order chi connectivity index (χ0) is 19.8. The standard InChI is InChI=1S/C22H23N3O3/c1-13-7-9-15(23)12-19(13)24-20(26)14-8-10-17-18(11-14)22(28)25(21(17)27)16-5-3-2-4-6-16/h7-12,16H,2-6,23H2,1H3,(H,24,26). The molecule has 1 aliphatic heterocycles. The highest BCUT2D eigenvalue weighted by atomic mass is 16.2. The third kappa shape index (κ3) is 3.15. The Labute approximate surface area is 163 Å². The second kappa shape index (κ2) is 7.11. The van der Waals surface area contributed by atoms with Gasteiger partial charge in [0.05, 0.1) is 11.1 Å². The number of benzene rings is 2. The lowest BCUT2D eigenvalue weighted by Gasteiger charge is -2.29. The van der Waals surface area contributed by atoms with E-state index in [-0.39, 0.29) is 23.8 Å². The number of anilines is 2. The van der Waals surface area contributed by atoms with Gasteiger partial charge in [-0.3, -0.25) is 19.3 Å². The number of rotatable bonds is 3. The van der Waals surface area contributed by atoms with Crippen LogP contribution in [0.1, 0.15) is 68.7 Å². The van der Waals surface area contributed by atoms with Crippen LogP contribution >= 0.6 is 0 Å². The first kappa shape index (κ1) is 18.2. The number of carbonyl (C=O) groups excluding carboxylic acids is 3. The number of hydrogen-bond donors (Lipinski definition) is 2. The molecule has 144 valence electrons. The Morgan fingerprint density at radius 3 is 2.46 bits per heavy atom. The highest BCUT2D eigenvalue weighted by Gasteiger charge is 2.40. The monoisotopic (exact) mass is 377 g/mol. The van der Waals surface area contributed by atoms with Gasteiger partial charge in [-0.2, -0.15) is 0 Å². The van der Waals surface area contributed by atoms with E-state index < -0.39 is 0 Å². The Kier molecular flexibility index (Phi) is 4.63. The van der Waals surface area contributed by atoms with Gasteiger partial charge in [0.1, 0.15) is 0 Å². The number of aryl methyl sites for hydroxylation is 1. The number of nitrogens with one attached hydrogen (secondary N) is 1. The molecule has 4 rings (SSSR count). The summed E-state index contributed by atoms with van der Waals surface area (Å²) in [5.41, 5.74) is 8.89. The summed E-state index contributed by atoms with van der Waals surface area (Å²) < 4.78 is 0. The molecule has 3 amide bonds. The normalized spacial score (nSPS) is 17.0. The Bertz CT molecular complexity index is 977. The van der Waals surface area contributed by atoms with Gasteiger partial charge >= 0.3 is 0 Å². The van der Waals surface area contributed by atoms with Crippen molar-refractivity contribution in [1.82, 2.24) is 4.90 Å². The summed E-state index contributed by atoms with van der Waals surface area (Å²) in [6, 6.07) is 9.95. The molecule has 0 atom stereocenters. The number of fused-ring (bicyclic) bond motifs is 1. The van der Waals surface area contributed by atoms with Crippen molar-refractivity contribution in [2.24, 2.45) is 0 Å². The van der Waals surface area contributed by atoms with E-state index in [2.05, 4.69) is 5.32 Å². The van der Waals surface area contributed by atoms with Gasteiger partial charge in [-0.15, -0.1) is 0 Å². The van der Waals surface area contributed by atoms with Gasteiger partial charge in [0.25, 0.3) is 17.7 Å². The molecule has 0 bridgehead atoms. The van der Waals surface area contributed by atoms with Gasteiger partial charge in [-0.25, -0.2) is 0 Å². The van der Waals surface area contributed by atoms with Crippen molar-refractivity contribution in [3.63, 3.8) is 0 Å². The van der Waals surface area contributed by atoms with E-state index >= 15 is 0 Å². The molecule has 1 saturated carbocycles. The largest absolute Gasteiger partial charge is 0.399 e. The van der Waals surface area contributed by atoms with Gasteiger partial charge in [-0.1, -0.05) is 25.3 Å². The summed E-state index contributed by atoms with van der Waals surface area (Å²) in [6.45, 7) is 1.88. The highest BCUT2D eigenvalue weighted by molar-refractivity contribution is 6.22. The molecule has 0 aromatic heterocycles. The molecule has 1 aliphatic carbocycles. The third-order valence-corrected chi connectivity index (χ3v) is 5.63. The predicted molar refractivity (Wildman–Crippen MR) is 107 cm³/mol. The lowest BCUT2D eigenvalue weighted by atomic mass is 9.94. The van der Waals surface area contributed by atoms with Crippen molar-refractivity contribution in [2.75, 3.05) is 11.1 Å². The van der Waals surface area contributed by atoms with Crippen molar-refractivity contribution in [1.29, 1.82) is 0 Å². The minimum Gasteiger partial charge on any atom is -0.399 e. The van der Waals surface area contributed by atoms with Gasteiger partial charge in [0.2, 0.25) is 0 Å². The van der Waals surface area contributed by atoms with Crippen LogP contribution in [0.4, 0.5) is 11.4 Å². The number of nitrogens with two attached hydrogens (primary N) is 1. The van der Waals surface area contributed by atoms with Gasteiger partial charge in [0.15, 0.2) is 0 Å². The SMILES string of the molecule is Cc1ccc(N)cc1NC(=O)c1ccc2c(c1)C(=O)N(C1CCCCC1)C2=O.